The number of thioether (sulfide) groups is 1. The lowest BCUT2D eigenvalue weighted by atomic mass is 10.1. The Kier molecular flexibility index (Phi) is 6.99. The second-order valence-corrected chi connectivity index (χ2v) is 8.49. The standard InChI is InChI=1S/C23H25FN4O2S/c1-16-8-10-17(11-9-16)22(29)25-13-12-21-26-27-23(31-15-18-5-4-14-30-18)28(21)20-7-3-2-6-19(20)24/h2-3,6-11,18H,4-5,12-15H2,1H3,(H,25,29). The molecule has 2 heterocycles. The van der Waals surface area contributed by atoms with E-state index in [1.54, 1.807) is 34.9 Å². The highest BCUT2D eigenvalue weighted by molar-refractivity contribution is 7.99. The van der Waals surface area contributed by atoms with Crippen molar-refractivity contribution in [2.45, 2.75) is 37.4 Å². The summed E-state index contributed by atoms with van der Waals surface area (Å²) in [6.07, 6.45) is 2.71. The molecule has 4 rings (SSSR count). The Morgan fingerprint density at radius 3 is 2.77 bits per heavy atom. The average Bonchev–Trinajstić information content (AvgIpc) is 3.43. The van der Waals surface area contributed by atoms with Crippen molar-refractivity contribution in [3.8, 4) is 5.69 Å². The molecule has 1 amide bonds. The molecular formula is C23H25FN4O2S. The van der Waals surface area contributed by atoms with E-state index in [-0.39, 0.29) is 17.8 Å². The molecule has 1 unspecified atom stereocenters. The van der Waals surface area contributed by atoms with E-state index in [1.807, 2.05) is 19.1 Å². The molecule has 3 aromatic rings. The second-order valence-electron chi connectivity index (χ2n) is 7.50. The van der Waals surface area contributed by atoms with Gasteiger partial charge in [0.25, 0.3) is 5.91 Å². The van der Waals surface area contributed by atoms with Crippen LogP contribution in [0.15, 0.2) is 53.7 Å². The van der Waals surface area contributed by atoms with Crippen LogP contribution in [0.25, 0.3) is 5.69 Å². The molecule has 6 nitrogen and oxygen atoms in total. The normalized spacial score (nSPS) is 15.9. The summed E-state index contributed by atoms with van der Waals surface area (Å²) in [5, 5.41) is 12.1. The Labute approximate surface area is 185 Å². The first-order valence-electron chi connectivity index (χ1n) is 10.4. The molecule has 1 aromatic heterocycles. The highest BCUT2D eigenvalue weighted by atomic mass is 32.2. The number of aromatic nitrogens is 3. The summed E-state index contributed by atoms with van der Waals surface area (Å²) in [7, 11) is 0. The van der Waals surface area contributed by atoms with Crippen LogP contribution in [0.3, 0.4) is 0 Å². The molecule has 0 spiro atoms. The maximum Gasteiger partial charge on any atom is 0.251 e. The van der Waals surface area contributed by atoms with Gasteiger partial charge in [-0.15, -0.1) is 10.2 Å². The molecule has 0 radical (unpaired) electrons. The lowest BCUT2D eigenvalue weighted by Crippen LogP contribution is -2.26. The summed E-state index contributed by atoms with van der Waals surface area (Å²) in [6.45, 7) is 3.14. The smallest absolute Gasteiger partial charge is 0.251 e. The largest absolute Gasteiger partial charge is 0.377 e. The number of hydrogen-bond acceptors (Lipinski definition) is 5. The van der Waals surface area contributed by atoms with E-state index in [0.717, 1.165) is 30.8 Å². The summed E-state index contributed by atoms with van der Waals surface area (Å²) in [4.78, 5) is 12.4. The highest BCUT2D eigenvalue weighted by Crippen LogP contribution is 2.27. The van der Waals surface area contributed by atoms with Gasteiger partial charge in [0.1, 0.15) is 11.6 Å². The number of para-hydroxylation sites is 1. The van der Waals surface area contributed by atoms with Gasteiger partial charge in [-0.3, -0.25) is 9.36 Å². The summed E-state index contributed by atoms with van der Waals surface area (Å²) < 4.78 is 22.0. The van der Waals surface area contributed by atoms with E-state index < -0.39 is 0 Å². The zero-order chi connectivity index (χ0) is 21.6. The van der Waals surface area contributed by atoms with Crippen molar-refractivity contribution in [2.75, 3.05) is 18.9 Å². The third kappa shape index (κ3) is 5.32. The van der Waals surface area contributed by atoms with E-state index in [2.05, 4.69) is 15.5 Å². The van der Waals surface area contributed by atoms with Gasteiger partial charge in [-0.1, -0.05) is 41.6 Å². The SMILES string of the molecule is Cc1ccc(C(=O)NCCc2nnc(SCC3CCCO3)n2-c2ccccc2F)cc1. The van der Waals surface area contributed by atoms with Gasteiger partial charge >= 0.3 is 0 Å². The molecule has 1 aliphatic rings. The van der Waals surface area contributed by atoms with Crippen LogP contribution in [0.4, 0.5) is 4.39 Å². The zero-order valence-electron chi connectivity index (χ0n) is 17.4. The molecule has 31 heavy (non-hydrogen) atoms. The van der Waals surface area contributed by atoms with Crippen molar-refractivity contribution in [1.82, 2.24) is 20.1 Å². The van der Waals surface area contributed by atoms with Crippen LogP contribution in [-0.2, 0) is 11.2 Å². The van der Waals surface area contributed by atoms with Crippen LogP contribution in [0, 0.1) is 12.7 Å². The van der Waals surface area contributed by atoms with Crippen LogP contribution in [0.2, 0.25) is 0 Å². The van der Waals surface area contributed by atoms with Gasteiger partial charge < -0.3 is 10.1 Å². The number of benzene rings is 2. The summed E-state index contributed by atoms with van der Waals surface area (Å²) in [5.41, 5.74) is 2.11. The number of amides is 1. The van der Waals surface area contributed by atoms with E-state index in [9.17, 15) is 9.18 Å². The number of carbonyl (C=O) groups excluding carboxylic acids is 1. The number of ether oxygens (including phenoxy) is 1. The molecule has 1 atom stereocenters. The van der Waals surface area contributed by atoms with Crippen LogP contribution in [-0.4, -0.2) is 45.7 Å². The number of nitrogens with zero attached hydrogens (tertiary/aromatic N) is 3. The minimum atomic E-state index is -0.341. The van der Waals surface area contributed by atoms with Crippen molar-refractivity contribution in [3.05, 3.63) is 71.3 Å². The summed E-state index contributed by atoms with van der Waals surface area (Å²) in [5.74, 6) is 0.858. The summed E-state index contributed by atoms with van der Waals surface area (Å²) in [6, 6.07) is 14.0. The van der Waals surface area contributed by atoms with Crippen LogP contribution in [0.1, 0.15) is 34.6 Å². The predicted octanol–water partition coefficient (Wildman–Crippen LogP) is 3.96. The minimum Gasteiger partial charge on any atom is -0.377 e. The minimum absolute atomic E-state index is 0.148. The van der Waals surface area contributed by atoms with Gasteiger partial charge in [0.05, 0.1) is 11.8 Å². The predicted molar refractivity (Wildman–Crippen MR) is 118 cm³/mol. The van der Waals surface area contributed by atoms with Crippen molar-refractivity contribution in [2.24, 2.45) is 0 Å². The maximum absolute atomic E-state index is 14.6. The van der Waals surface area contributed by atoms with Gasteiger partial charge in [0, 0.05) is 30.9 Å². The summed E-state index contributed by atoms with van der Waals surface area (Å²) >= 11 is 1.52. The van der Waals surface area contributed by atoms with Crippen molar-refractivity contribution >= 4 is 17.7 Å². The van der Waals surface area contributed by atoms with Crippen LogP contribution in [0.5, 0.6) is 0 Å². The first kappa shape index (κ1) is 21.5. The molecule has 1 fully saturated rings. The van der Waals surface area contributed by atoms with Gasteiger partial charge in [0.15, 0.2) is 5.16 Å². The van der Waals surface area contributed by atoms with E-state index in [4.69, 9.17) is 4.74 Å². The number of hydrogen-bond donors (Lipinski definition) is 1. The van der Waals surface area contributed by atoms with Gasteiger partial charge in [-0.05, 0) is 44.0 Å². The van der Waals surface area contributed by atoms with Crippen molar-refractivity contribution < 1.29 is 13.9 Å². The fourth-order valence-corrected chi connectivity index (χ4v) is 4.50. The van der Waals surface area contributed by atoms with E-state index in [1.165, 1.54) is 17.8 Å². The molecule has 2 aromatic carbocycles. The average molecular weight is 441 g/mol. The topological polar surface area (TPSA) is 69.0 Å². The fourth-order valence-electron chi connectivity index (χ4n) is 3.47. The first-order valence-corrected chi connectivity index (χ1v) is 11.4. The second kappa shape index (κ2) is 10.1. The van der Waals surface area contributed by atoms with E-state index in [0.29, 0.717) is 35.2 Å². The molecule has 8 heteroatoms. The van der Waals surface area contributed by atoms with Gasteiger partial charge in [0.2, 0.25) is 0 Å². The first-order chi connectivity index (χ1) is 15.1. The molecular weight excluding hydrogens is 415 g/mol. The maximum atomic E-state index is 14.6. The highest BCUT2D eigenvalue weighted by Gasteiger charge is 2.21. The Bertz CT molecular complexity index is 1030. The Balaban J connectivity index is 1.47. The third-order valence-corrected chi connectivity index (χ3v) is 6.22. The number of nitrogens with one attached hydrogen (secondary N) is 1. The Morgan fingerprint density at radius 1 is 1.23 bits per heavy atom. The third-order valence-electron chi connectivity index (χ3n) is 5.16. The van der Waals surface area contributed by atoms with Gasteiger partial charge in [-0.2, -0.15) is 0 Å². The van der Waals surface area contributed by atoms with Crippen molar-refractivity contribution in [3.63, 3.8) is 0 Å². The van der Waals surface area contributed by atoms with Crippen molar-refractivity contribution in [1.29, 1.82) is 0 Å². The lowest BCUT2D eigenvalue weighted by Gasteiger charge is -2.13. The van der Waals surface area contributed by atoms with Crippen LogP contribution < -0.4 is 5.32 Å². The lowest BCUT2D eigenvalue weighted by molar-refractivity contribution is 0.0954. The zero-order valence-corrected chi connectivity index (χ0v) is 18.2. The quantitative estimate of drug-likeness (QED) is 0.537. The molecule has 1 N–H and O–H groups in total. The molecule has 1 aliphatic heterocycles. The number of aryl methyl sites for hydroxylation is 1. The number of carbonyl (C=O) groups is 1. The van der Waals surface area contributed by atoms with Gasteiger partial charge in [-0.25, -0.2) is 4.39 Å². The molecule has 0 bridgehead atoms. The molecule has 1 saturated heterocycles. The fraction of sp³-hybridized carbons (Fsp3) is 0.348. The number of rotatable bonds is 8. The molecule has 0 saturated carbocycles. The Morgan fingerprint density at radius 2 is 2.03 bits per heavy atom. The number of halogens is 1. The molecule has 0 aliphatic carbocycles. The Hall–Kier alpha value is -2.71. The van der Waals surface area contributed by atoms with E-state index >= 15 is 0 Å². The monoisotopic (exact) mass is 440 g/mol. The van der Waals surface area contributed by atoms with Crippen LogP contribution >= 0.6 is 11.8 Å². The molecule has 162 valence electrons.